The van der Waals surface area contributed by atoms with Crippen LogP contribution >= 0.6 is 0 Å². The fourth-order valence-electron chi connectivity index (χ4n) is 3.62. The van der Waals surface area contributed by atoms with Gasteiger partial charge in [-0.3, -0.25) is 0 Å². The SMILES string of the molecule is CCNC(=NCc1cc(CC)no1)NC1CCN(CC2CCOC2)CC1. The summed E-state index contributed by atoms with van der Waals surface area (Å²) in [5, 5.41) is 11.0. The second-order valence-corrected chi connectivity index (χ2v) is 7.28. The molecule has 2 aliphatic rings. The van der Waals surface area contributed by atoms with E-state index in [0.29, 0.717) is 12.6 Å². The van der Waals surface area contributed by atoms with Gasteiger partial charge in [0.25, 0.3) is 0 Å². The summed E-state index contributed by atoms with van der Waals surface area (Å²) in [6, 6.07) is 2.46. The van der Waals surface area contributed by atoms with E-state index in [2.05, 4.69) is 39.5 Å². The average Bonchev–Trinajstić information content (AvgIpc) is 3.33. The number of hydrogen-bond donors (Lipinski definition) is 2. The van der Waals surface area contributed by atoms with Crippen molar-refractivity contribution in [3.63, 3.8) is 0 Å². The van der Waals surface area contributed by atoms with E-state index >= 15 is 0 Å². The molecule has 0 radical (unpaired) electrons. The summed E-state index contributed by atoms with van der Waals surface area (Å²) < 4.78 is 10.8. The summed E-state index contributed by atoms with van der Waals surface area (Å²) >= 11 is 0. The Kier molecular flexibility index (Phi) is 7.32. The van der Waals surface area contributed by atoms with E-state index < -0.39 is 0 Å². The maximum absolute atomic E-state index is 5.50. The molecule has 26 heavy (non-hydrogen) atoms. The van der Waals surface area contributed by atoms with Crippen molar-refractivity contribution in [2.24, 2.45) is 10.9 Å². The van der Waals surface area contributed by atoms with E-state index in [1.54, 1.807) is 0 Å². The highest BCUT2D eigenvalue weighted by molar-refractivity contribution is 5.80. The van der Waals surface area contributed by atoms with Crippen molar-refractivity contribution in [3.05, 3.63) is 17.5 Å². The van der Waals surface area contributed by atoms with E-state index in [0.717, 1.165) is 75.4 Å². The quantitative estimate of drug-likeness (QED) is 0.568. The molecule has 7 heteroatoms. The van der Waals surface area contributed by atoms with Crippen LogP contribution in [0, 0.1) is 5.92 Å². The molecule has 0 amide bonds. The minimum Gasteiger partial charge on any atom is -0.381 e. The molecule has 2 N–H and O–H groups in total. The largest absolute Gasteiger partial charge is 0.381 e. The Labute approximate surface area is 156 Å². The summed E-state index contributed by atoms with van der Waals surface area (Å²) in [6.45, 7) is 10.9. The van der Waals surface area contributed by atoms with Crippen LogP contribution < -0.4 is 10.6 Å². The van der Waals surface area contributed by atoms with Gasteiger partial charge in [0.15, 0.2) is 11.7 Å². The van der Waals surface area contributed by atoms with Gasteiger partial charge in [0.05, 0.1) is 12.3 Å². The summed E-state index contributed by atoms with van der Waals surface area (Å²) in [4.78, 5) is 7.24. The van der Waals surface area contributed by atoms with E-state index in [-0.39, 0.29) is 0 Å². The normalized spacial score (nSPS) is 22.7. The number of hydrogen-bond acceptors (Lipinski definition) is 5. The van der Waals surface area contributed by atoms with Crippen molar-refractivity contribution in [1.82, 2.24) is 20.7 Å². The molecule has 0 aromatic carbocycles. The zero-order valence-electron chi connectivity index (χ0n) is 16.2. The van der Waals surface area contributed by atoms with E-state index in [1.807, 2.05) is 6.07 Å². The number of rotatable bonds is 7. The fraction of sp³-hybridized carbons (Fsp3) is 0.789. The van der Waals surface area contributed by atoms with Gasteiger partial charge >= 0.3 is 0 Å². The molecule has 1 aromatic rings. The molecule has 2 fully saturated rings. The van der Waals surface area contributed by atoms with Gasteiger partial charge in [-0.05, 0) is 38.5 Å². The first kappa shape index (κ1) is 19.2. The maximum atomic E-state index is 5.50. The van der Waals surface area contributed by atoms with Crippen molar-refractivity contribution >= 4 is 5.96 Å². The third-order valence-electron chi connectivity index (χ3n) is 5.18. The van der Waals surface area contributed by atoms with Crippen LogP contribution in [0.15, 0.2) is 15.6 Å². The van der Waals surface area contributed by atoms with Gasteiger partial charge in [0.1, 0.15) is 6.54 Å². The number of likely N-dealkylation sites (tertiary alicyclic amines) is 1. The Bertz CT molecular complexity index is 560. The highest BCUT2D eigenvalue weighted by Crippen LogP contribution is 2.17. The molecule has 0 spiro atoms. The molecule has 2 aliphatic heterocycles. The van der Waals surface area contributed by atoms with E-state index in [1.165, 1.54) is 13.0 Å². The molecule has 0 saturated carbocycles. The predicted octanol–water partition coefficient (Wildman–Crippen LogP) is 1.79. The standard InChI is InChI=1S/C19H33N5O2/c1-3-16-11-18(26-23-16)12-21-19(20-4-2)22-17-5-8-24(9-6-17)13-15-7-10-25-14-15/h11,15,17H,3-10,12-14H2,1-2H3,(H2,20,21,22). The molecular weight excluding hydrogens is 330 g/mol. The first-order valence-electron chi connectivity index (χ1n) is 10.1. The average molecular weight is 364 g/mol. The van der Waals surface area contributed by atoms with E-state index in [4.69, 9.17) is 9.26 Å². The smallest absolute Gasteiger partial charge is 0.191 e. The van der Waals surface area contributed by atoms with Crippen molar-refractivity contribution in [2.45, 2.75) is 52.1 Å². The minimum absolute atomic E-state index is 0.477. The van der Waals surface area contributed by atoms with Crippen molar-refractivity contribution in [1.29, 1.82) is 0 Å². The Morgan fingerprint density at radius 2 is 2.15 bits per heavy atom. The first-order chi connectivity index (χ1) is 12.8. The summed E-state index contributed by atoms with van der Waals surface area (Å²) in [5.41, 5.74) is 0.980. The molecular formula is C19H33N5O2. The molecule has 3 heterocycles. The Morgan fingerprint density at radius 3 is 2.81 bits per heavy atom. The lowest BCUT2D eigenvalue weighted by Crippen LogP contribution is -2.49. The molecule has 0 aliphatic carbocycles. The molecule has 1 aromatic heterocycles. The third kappa shape index (κ3) is 5.71. The lowest BCUT2D eigenvalue weighted by atomic mass is 10.0. The molecule has 0 bridgehead atoms. The molecule has 146 valence electrons. The van der Waals surface area contributed by atoms with Gasteiger partial charge in [0, 0.05) is 44.9 Å². The Morgan fingerprint density at radius 1 is 1.31 bits per heavy atom. The van der Waals surface area contributed by atoms with Crippen LogP contribution in [0.1, 0.15) is 44.6 Å². The van der Waals surface area contributed by atoms with Crippen LogP contribution in [0.2, 0.25) is 0 Å². The predicted molar refractivity (Wildman–Crippen MR) is 102 cm³/mol. The maximum Gasteiger partial charge on any atom is 0.191 e. The zero-order valence-corrected chi connectivity index (χ0v) is 16.2. The molecule has 3 rings (SSSR count). The second-order valence-electron chi connectivity index (χ2n) is 7.28. The van der Waals surface area contributed by atoms with E-state index in [9.17, 15) is 0 Å². The molecule has 1 atom stereocenters. The zero-order chi connectivity index (χ0) is 18.2. The van der Waals surface area contributed by atoms with Gasteiger partial charge in [-0.2, -0.15) is 0 Å². The van der Waals surface area contributed by atoms with Crippen LogP contribution in [0.5, 0.6) is 0 Å². The molecule has 1 unspecified atom stereocenters. The summed E-state index contributed by atoms with van der Waals surface area (Å²) in [6.07, 6.45) is 4.41. The van der Waals surface area contributed by atoms with Crippen LogP contribution in [-0.2, 0) is 17.7 Å². The molecule has 7 nitrogen and oxygen atoms in total. The fourth-order valence-corrected chi connectivity index (χ4v) is 3.62. The second kappa shape index (κ2) is 9.92. The Hall–Kier alpha value is -1.60. The number of aromatic nitrogens is 1. The van der Waals surface area contributed by atoms with Gasteiger partial charge in [-0.25, -0.2) is 4.99 Å². The van der Waals surface area contributed by atoms with Crippen LogP contribution in [0.3, 0.4) is 0 Å². The lowest BCUT2D eigenvalue weighted by molar-refractivity contribution is 0.150. The summed E-state index contributed by atoms with van der Waals surface area (Å²) in [5.74, 6) is 2.41. The van der Waals surface area contributed by atoms with Crippen LogP contribution in [0.4, 0.5) is 0 Å². The highest BCUT2D eigenvalue weighted by Gasteiger charge is 2.24. The Balaban J connectivity index is 1.44. The number of nitrogens with zero attached hydrogens (tertiary/aromatic N) is 3. The minimum atomic E-state index is 0.477. The summed E-state index contributed by atoms with van der Waals surface area (Å²) in [7, 11) is 0. The van der Waals surface area contributed by atoms with Gasteiger partial charge in [-0.15, -0.1) is 0 Å². The van der Waals surface area contributed by atoms with Gasteiger partial charge in [0.2, 0.25) is 0 Å². The number of guanidine groups is 1. The van der Waals surface area contributed by atoms with Gasteiger partial charge in [-0.1, -0.05) is 12.1 Å². The number of ether oxygens (including phenoxy) is 1. The van der Waals surface area contributed by atoms with Gasteiger partial charge < -0.3 is 24.8 Å². The number of nitrogens with one attached hydrogen (secondary N) is 2. The molecule has 2 saturated heterocycles. The van der Waals surface area contributed by atoms with Crippen molar-refractivity contribution < 1.29 is 9.26 Å². The number of piperidine rings is 1. The number of aliphatic imine (C=N–C) groups is 1. The lowest BCUT2D eigenvalue weighted by Gasteiger charge is -2.34. The van der Waals surface area contributed by atoms with Crippen LogP contribution in [0.25, 0.3) is 0 Å². The monoisotopic (exact) mass is 363 g/mol. The topological polar surface area (TPSA) is 74.9 Å². The number of aryl methyl sites for hydroxylation is 1. The highest BCUT2D eigenvalue weighted by atomic mass is 16.5. The first-order valence-corrected chi connectivity index (χ1v) is 10.1. The van der Waals surface area contributed by atoms with Crippen molar-refractivity contribution in [2.75, 3.05) is 39.4 Å². The van der Waals surface area contributed by atoms with Crippen LogP contribution in [-0.4, -0.2) is 61.5 Å². The third-order valence-corrected chi connectivity index (χ3v) is 5.18. The van der Waals surface area contributed by atoms with Crippen molar-refractivity contribution in [3.8, 4) is 0 Å².